The number of rotatable bonds is 12. The molecule has 0 aliphatic carbocycles. The van der Waals surface area contributed by atoms with Gasteiger partial charge in [-0.1, -0.05) is 98.3 Å². The molecule has 2 N–H and O–H groups in total. The number of urea groups is 1. The SMILES string of the molecule is Cc1ccc(-c2ccccc2)c(C[C@H](NC(=O)N(CCC(=O)OCc2ccccc2)CC(C)C)C(=O)O)c1. The zero-order chi connectivity index (χ0) is 27.5. The van der Waals surface area contributed by atoms with Crippen molar-refractivity contribution in [3.8, 4) is 11.1 Å². The fourth-order valence-electron chi connectivity index (χ4n) is 4.20. The molecule has 0 aliphatic heterocycles. The molecule has 38 heavy (non-hydrogen) atoms. The van der Waals surface area contributed by atoms with Crippen molar-refractivity contribution >= 4 is 18.0 Å². The van der Waals surface area contributed by atoms with Crippen LogP contribution in [0.3, 0.4) is 0 Å². The first kappa shape index (κ1) is 28.4. The maximum Gasteiger partial charge on any atom is 0.326 e. The Morgan fingerprint density at radius 2 is 1.61 bits per heavy atom. The van der Waals surface area contributed by atoms with E-state index in [1.807, 2.05) is 99.6 Å². The van der Waals surface area contributed by atoms with Crippen LogP contribution in [0.1, 0.15) is 37.0 Å². The van der Waals surface area contributed by atoms with E-state index >= 15 is 0 Å². The van der Waals surface area contributed by atoms with Gasteiger partial charge in [0.15, 0.2) is 0 Å². The fraction of sp³-hybridized carbons (Fsp3) is 0.323. The Labute approximate surface area is 224 Å². The summed E-state index contributed by atoms with van der Waals surface area (Å²) in [6, 6.07) is 23.4. The number of carbonyl (C=O) groups is 3. The number of aryl methyl sites for hydroxylation is 1. The molecule has 0 saturated carbocycles. The summed E-state index contributed by atoms with van der Waals surface area (Å²) < 4.78 is 5.34. The minimum Gasteiger partial charge on any atom is -0.480 e. The molecule has 3 rings (SSSR count). The summed E-state index contributed by atoms with van der Waals surface area (Å²) in [5.74, 6) is -1.41. The lowest BCUT2D eigenvalue weighted by Gasteiger charge is -2.27. The summed E-state index contributed by atoms with van der Waals surface area (Å²) in [7, 11) is 0. The molecule has 0 radical (unpaired) electrons. The Hall–Kier alpha value is -4.13. The Morgan fingerprint density at radius 3 is 2.24 bits per heavy atom. The number of amides is 2. The summed E-state index contributed by atoms with van der Waals surface area (Å²) in [6.45, 7) is 6.54. The van der Waals surface area contributed by atoms with Crippen LogP contribution in [-0.4, -0.2) is 47.1 Å². The van der Waals surface area contributed by atoms with Gasteiger partial charge in [0.25, 0.3) is 0 Å². The maximum absolute atomic E-state index is 13.2. The third-order valence-electron chi connectivity index (χ3n) is 6.07. The molecule has 200 valence electrons. The average molecular weight is 517 g/mol. The van der Waals surface area contributed by atoms with Crippen LogP contribution in [0.25, 0.3) is 11.1 Å². The molecule has 0 saturated heterocycles. The number of nitrogens with one attached hydrogen (secondary N) is 1. The molecule has 0 spiro atoms. The number of hydrogen-bond donors (Lipinski definition) is 2. The van der Waals surface area contributed by atoms with E-state index in [0.717, 1.165) is 27.8 Å². The van der Waals surface area contributed by atoms with Crippen molar-refractivity contribution in [1.29, 1.82) is 0 Å². The van der Waals surface area contributed by atoms with Crippen molar-refractivity contribution in [1.82, 2.24) is 10.2 Å². The van der Waals surface area contributed by atoms with Crippen molar-refractivity contribution in [2.24, 2.45) is 5.92 Å². The smallest absolute Gasteiger partial charge is 0.326 e. The van der Waals surface area contributed by atoms with Gasteiger partial charge in [-0.15, -0.1) is 0 Å². The molecular weight excluding hydrogens is 480 g/mol. The molecular formula is C31H36N2O5. The third-order valence-corrected chi connectivity index (χ3v) is 6.07. The van der Waals surface area contributed by atoms with Gasteiger partial charge in [0, 0.05) is 19.5 Å². The average Bonchev–Trinajstić information content (AvgIpc) is 2.90. The molecule has 0 heterocycles. The van der Waals surface area contributed by atoms with Gasteiger partial charge in [0.1, 0.15) is 12.6 Å². The quantitative estimate of drug-likeness (QED) is 0.312. The van der Waals surface area contributed by atoms with E-state index in [2.05, 4.69) is 5.32 Å². The van der Waals surface area contributed by atoms with Gasteiger partial charge in [-0.2, -0.15) is 0 Å². The van der Waals surface area contributed by atoms with Crippen molar-refractivity contribution in [3.05, 3.63) is 95.6 Å². The standard InChI is InChI=1S/C31H36N2O5/c1-22(2)20-33(17-16-29(34)38-21-24-10-6-4-7-11-24)31(37)32-28(30(35)36)19-26-18-23(3)14-15-27(26)25-12-8-5-9-13-25/h4-15,18,22,28H,16-17,19-21H2,1-3H3,(H,32,37)(H,35,36)/t28-/m0/s1. The molecule has 0 fully saturated rings. The summed E-state index contributed by atoms with van der Waals surface area (Å²) in [5.41, 5.74) is 4.63. The maximum atomic E-state index is 13.2. The lowest BCUT2D eigenvalue weighted by Crippen LogP contribution is -2.50. The van der Waals surface area contributed by atoms with Gasteiger partial charge in [-0.05, 0) is 35.1 Å². The van der Waals surface area contributed by atoms with Crippen LogP contribution in [0.2, 0.25) is 0 Å². The zero-order valence-electron chi connectivity index (χ0n) is 22.2. The first-order valence-electron chi connectivity index (χ1n) is 12.9. The van der Waals surface area contributed by atoms with Crippen molar-refractivity contribution < 1.29 is 24.2 Å². The Balaban J connectivity index is 1.67. The molecule has 0 aliphatic rings. The Kier molecular flexibility index (Phi) is 10.5. The largest absolute Gasteiger partial charge is 0.480 e. The van der Waals surface area contributed by atoms with Crippen molar-refractivity contribution in [2.45, 2.75) is 46.3 Å². The molecule has 0 bridgehead atoms. The van der Waals surface area contributed by atoms with E-state index in [0.29, 0.717) is 6.54 Å². The molecule has 1 atom stereocenters. The number of carboxylic acid groups (broad SMARTS) is 1. The topological polar surface area (TPSA) is 95.9 Å². The minimum atomic E-state index is -1.13. The number of carboxylic acids is 1. The van der Waals surface area contributed by atoms with Gasteiger partial charge in [0.2, 0.25) is 0 Å². The van der Waals surface area contributed by atoms with Gasteiger partial charge in [-0.25, -0.2) is 9.59 Å². The lowest BCUT2D eigenvalue weighted by atomic mass is 9.93. The number of carbonyl (C=O) groups excluding carboxylic acids is 2. The normalized spacial score (nSPS) is 11.6. The third kappa shape index (κ3) is 8.76. The number of ether oxygens (including phenoxy) is 1. The van der Waals surface area contributed by atoms with E-state index in [4.69, 9.17) is 4.74 Å². The van der Waals surface area contributed by atoms with E-state index in [-0.39, 0.29) is 31.9 Å². The van der Waals surface area contributed by atoms with E-state index < -0.39 is 24.0 Å². The number of hydrogen-bond acceptors (Lipinski definition) is 4. The number of benzene rings is 3. The fourth-order valence-corrected chi connectivity index (χ4v) is 4.20. The number of nitrogens with zero attached hydrogens (tertiary/aromatic N) is 1. The molecule has 3 aromatic carbocycles. The van der Waals surface area contributed by atoms with Crippen LogP contribution in [0.4, 0.5) is 4.79 Å². The predicted octanol–water partition coefficient (Wildman–Crippen LogP) is 5.46. The van der Waals surface area contributed by atoms with Crippen molar-refractivity contribution in [3.63, 3.8) is 0 Å². The number of aliphatic carboxylic acids is 1. The molecule has 2 amide bonds. The lowest BCUT2D eigenvalue weighted by molar-refractivity contribution is -0.145. The highest BCUT2D eigenvalue weighted by atomic mass is 16.5. The molecule has 7 heteroatoms. The minimum absolute atomic E-state index is 0.0146. The molecule has 0 aromatic heterocycles. The predicted molar refractivity (Wildman–Crippen MR) is 148 cm³/mol. The molecule has 3 aromatic rings. The zero-order valence-corrected chi connectivity index (χ0v) is 22.2. The van der Waals surface area contributed by atoms with Crippen LogP contribution >= 0.6 is 0 Å². The summed E-state index contributed by atoms with van der Waals surface area (Å²) >= 11 is 0. The van der Waals surface area contributed by atoms with Crippen LogP contribution in [0, 0.1) is 12.8 Å². The Bertz CT molecular complexity index is 1210. The second kappa shape index (κ2) is 14.0. The van der Waals surface area contributed by atoms with Crippen LogP contribution < -0.4 is 5.32 Å². The van der Waals surface area contributed by atoms with Gasteiger partial charge in [-0.3, -0.25) is 4.79 Å². The summed E-state index contributed by atoms with van der Waals surface area (Å²) in [6.07, 6.45) is 0.141. The second-order valence-corrected chi connectivity index (χ2v) is 9.81. The summed E-state index contributed by atoms with van der Waals surface area (Å²) in [4.78, 5) is 39.2. The van der Waals surface area contributed by atoms with Gasteiger partial charge in [0.05, 0.1) is 6.42 Å². The first-order chi connectivity index (χ1) is 18.2. The monoisotopic (exact) mass is 516 g/mol. The van der Waals surface area contributed by atoms with Crippen LogP contribution in [-0.2, 0) is 27.4 Å². The molecule has 0 unspecified atom stereocenters. The van der Waals surface area contributed by atoms with E-state index in [9.17, 15) is 19.5 Å². The highest BCUT2D eigenvalue weighted by molar-refractivity contribution is 5.83. The van der Waals surface area contributed by atoms with E-state index in [1.165, 1.54) is 4.90 Å². The van der Waals surface area contributed by atoms with Gasteiger partial charge >= 0.3 is 18.0 Å². The van der Waals surface area contributed by atoms with E-state index in [1.54, 1.807) is 0 Å². The Morgan fingerprint density at radius 1 is 0.947 bits per heavy atom. The highest BCUT2D eigenvalue weighted by Gasteiger charge is 2.25. The van der Waals surface area contributed by atoms with Gasteiger partial charge < -0.3 is 20.1 Å². The highest BCUT2D eigenvalue weighted by Crippen LogP contribution is 2.26. The molecule has 7 nitrogen and oxygen atoms in total. The van der Waals surface area contributed by atoms with Crippen LogP contribution in [0.15, 0.2) is 78.9 Å². The number of esters is 1. The second-order valence-electron chi connectivity index (χ2n) is 9.81. The van der Waals surface area contributed by atoms with Crippen molar-refractivity contribution in [2.75, 3.05) is 13.1 Å². The summed E-state index contributed by atoms with van der Waals surface area (Å²) in [5, 5.41) is 12.7. The van der Waals surface area contributed by atoms with Crippen LogP contribution in [0.5, 0.6) is 0 Å². The first-order valence-corrected chi connectivity index (χ1v) is 12.9.